The van der Waals surface area contributed by atoms with Gasteiger partial charge in [-0.15, -0.1) is 0 Å². The molecule has 1 aromatic heterocycles. The second-order valence-corrected chi connectivity index (χ2v) is 15.1. The number of nitro benzene ring substituents is 1. The summed E-state index contributed by atoms with van der Waals surface area (Å²) in [4.78, 5) is 50.9. The fourth-order valence-corrected chi connectivity index (χ4v) is 8.01. The number of anilines is 2. The van der Waals surface area contributed by atoms with Gasteiger partial charge in [-0.05, 0) is 93.9 Å². The number of aromatic nitrogens is 2. The summed E-state index contributed by atoms with van der Waals surface area (Å²) in [7, 11) is 0. The van der Waals surface area contributed by atoms with Crippen LogP contribution in [0, 0.1) is 10.1 Å². The molecule has 1 amide bonds. The lowest BCUT2D eigenvalue weighted by molar-refractivity contribution is -0.384. The van der Waals surface area contributed by atoms with Gasteiger partial charge in [0.2, 0.25) is 0 Å². The number of hydrogen-bond donors (Lipinski definition) is 1. The fourth-order valence-electron chi connectivity index (χ4n) is 8.01. The lowest BCUT2D eigenvalue weighted by atomic mass is 9.72. The molecule has 1 saturated heterocycles. The maximum atomic E-state index is 13.2. The number of non-ortho nitro benzene ring substituents is 1. The number of nitrogens with one attached hydrogen (secondary N) is 1. The molecule has 270 valence electrons. The van der Waals surface area contributed by atoms with Crippen molar-refractivity contribution in [2.24, 2.45) is 0 Å². The monoisotopic (exact) mass is 704 g/mol. The Morgan fingerprint density at radius 3 is 2.42 bits per heavy atom. The van der Waals surface area contributed by atoms with Gasteiger partial charge in [-0.25, -0.2) is 19.6 Å². The van der Waals surface area contributed by atoms with Crippen molar-refractivity contribution in [2.75, 3.05) is 24.5 Å². The third-order valence-corrected chi connectivity index (χ3v) is 10.4. The first-order chi connectivity index (χ1) is 24.9. The molecular weight excluding hydrogens is 660 g/mol. The summed E-state index contributed by atoms with van der Waals surface area (Å²) in [5.74, 6) is 0.244. The predicted octanol–water partition coefficient (Wildman–Crippen LogP) is 7.50. The van der Waals surface area contributed by atoms with Crippen LogP contribution in [0.5, 0.6) is 0 Å². The number of carbonyl (C=O) groups excluding carboxylic acids is 2. The fraction of sp³-hybridized carbons (Fsp3) is 0.400. The number of ether oxygens (including phenoxy) is 2. The number of nitrogens with zero attached hydrogens (tertiary/aromatic N) is 5. The Balaban J connectivity index is 1.19. The second-order valence-electron chi connectivity index (χ2n) is 15.1. The summed E-state index contributed by atoms with van der Waals surface area (Å²) in [6.07, 6.45) is 2.91. The van der Waals surface area contributed by atoms with Crippen LogP contribution in [-0.2, 0) is 28.0 Å². The maximum Gasteiger partial charge on any atom is 0.407 e. The Labute approximate surface area is 303 Å². The molecule has 2 aliphatic heterocycles. The van der Waals surface area contributed by atoms with E-state index in [1.807, 2.05) is 32.9 Å². The molecule has 0 saturated carbocycles. The van der Waals surface area contributed by atoms with Crippen LogP contribution < -0.4 is 10.2 Å². The predicted molar refractivity (Wildman–Crippen MR) is 195 cm³/mol. The highest BCUT2D eigenvalue weighted by Crippen LogP contribution is 2.54. The van der Waals surface area contributed by atoms with Crippen molar-refractivity contribution in [3.05, 3.63) is 123 Å². The molecule has 12 nitrogen and oxygen atoms in total. The van der Waals surface area contributed by atoms with Gasteiger partial charge in [0.05, 0.1) is 16.2 Å². The highest BCUT2D eigenvalue weighted by molar-refractivity contribution is 5.90. The molecule has 1 N–H and O–H groups in total. The third kappa shape index (κ3) is 7.07. The van der Waals surface area contributed by atoms with Crippen molar-refractivity contribution >= 4 is 29.3 Å². The van der Waals surface area contributed by atoms with E-state index in [4.69, 9.17) is 14.5 Å². The molecule has 7 rings (SSSR count). The van der Waals surface area contributed by atoms with Crippen LogP contribution in [0.4, 0.5) is 22.0 Å². The zero-order valence-electron chi connectivity index (χ0n) is 30.0. The number of alkyl carbamates (subject to hydrolysis) is 1. The number of likely N-dealkylation sites (tertiary alicyclic amines) is 1. The number of carbonyl (C=O) groups is 2. The molecule has 4 aromatic rings. The van der Waals surface area contributed by atoms with Gasteiger partial charge in [-0.1, -0.05) is 49.4 Å². The van der Waals surface area contributed by atoms with E-state index in [-0.39, 0.29) is 22.6 Å². The number of piperidine rings is 1. The Kier molecular flexibility index (Phi) is 9.43. The van der Waals surface area contributed by atoms with E-state index < -0.39 is 28.7 Å². The zero-order chi connectivity index (χ0) is 36.6. The van der Waals surface area contributed by atoms with Crippen molar-refractivity contribution in [1.29, 1.82) is 0 Å². The molecular formula is C40H44N6O6. The van der Waals surface area contributed by atoms with Gasteiger partial charge in [0.1, 0.15) is 23.9 Å². The summed E-state index contributed by atoms with van der Waals surface area (Å²) in [6, 6.07) is 22.2. The van der Waals surface area contributed by atoms with Crippen molar-refractivity contribution < 1.29 is 24.0 Å². The first-order valence-electron chi connectivity index (χ1n) is 17.8. The molecule has 3 aromatic carbocycles. The summed E-state index contributed by atoms with van der Waals surface area (Å²) in [5, 5.41) is 14.1. The number of nitro groups is 1. The van der Waals surface area contributed by atoms with Crippen LogP contribution in [0.15, 0.2) is 79.1 Å². The van der Waals surface area contributed by atoms with Gasteiger partial charge >= 0.3 is 12.1 Å². The van der Waals surface area contributed by atoms with E-state index >= 15 is 0 Å². The van der Waals surface area contributed by atoms with Crippen LogP contribution in [0.2, 0.25) is 0 Å². The number of esters is 1. The van der Waals surface area contributed by atoms with Crippen LogP contribution >= 0.6 is 0 Å². The molecule has 2 atom stereocenters. The van der Waals surface area contributed by atoms with Gasteiger partial charge in [0, 0.05) is 48.4 Å². The standard InChI is InChI=1S/C40H44N6O6/c1-26-21-32(51-37(47)28-13-15-30(16-14-28)46(49)50)35-33(26)36(43-25-42-35)45-24-40(17-19-44(20-18-40)23-27-9-6-5-7-10-27)34-29(11-8-12-31(34)45)22-41-38(48)52-39(2,3)4/h5-16,25-26,32H,17-24H2,1-4H3,(H,41,48)/t26-,32-/m1/s1. The maximum absolute atomic E-state index is 13.2. The minimum atomic E-state index is -0.607. The molecule has 3 heterocycles. The Morgan fingerprint density at radius 2 is 1.73 bits per heavy atom. The van der Waals surface area contributed by atoms with Crippen molar-refractivity contribution in [3.8, 4) is 0 Å². The number of benzene rings is 3. The number of hydrogen-bond acceptors (Lipinski definition) is 10. The minimum absolute atomic E-state index is 0.00518. The zero-order valence-corrected chi connectivity index (χ0v) is 30.0. The van der Waals surface area contributed by atoms with Gasteiger partial charge in [-0.2, -0.15) is 0 Å². The van der Waals surface area contributed by atoms with Crippen molar-refractivity contribution in [2.45, 2.75) is 83.1 Å². The molecule has 0 radical (unpaired) electrons. The number of rotatable bonds is 8. The molecule has 12 heteroatoms. The van der Waals surface area contributed by atoms with E-state index in [1.165, 1.54) is 35.4 Å². The summed E-state index contributed by atoms with van der Waals surface area (Å²) < 4.78 is 11.6. The normalized spacial score (nSPS) is 19.2. The first-order valence-corrected chi connectivity index (χ1v) is 17.8. The largest absolute Gasteiger partial charge is 0.452 e. The van der Waals surface area contributed by atoms with E-state index in [0.29, 0.717) is 25.2 Å². The highest BCUT2D eigenvalue weighted by atomic mass is 16.6. The smallest absolute Gasteiger partial charge is 0.407 e. The molecule has 0 unspecified atom stereocenters. The second kappa shape index (κ2) is 14.0. The minimum Gasteiger partial charge on any atom is -0.452 e. The summed E-state index contributed by atoms with van der Waals surface area (Å²) in [5.41, 5.74) is 5.61. The van der Waals surface area contributed by atoms with Gasteiger partial charge in [0.25, 0.3) is 5.69 Å². The number of amides is 1. The lowest BCUT2D eigenvalue weighted by Crippen LogP contribution is -2.45. The van der Waals surface area contributed by atoms with Gasteiger partial charge in [0.15, 0.2) is 0 Å². The van der Waals surface area contributed by atoms with E-state index in [2.05, 4.69) is 63.4 Å². The Morgan fingerprint density at radius 1 is 1.00 bits per heavy atom. The van der Waals surface area contributed by atoms with Crippen LogP contribution in [0.25, 0.3) is 0 Å². The van der Waals surface area contributed by atoms with Crippen LogP contribution in [0.1, 0.15) is 97.3 Å². The number of fused-ring (bicyclic) bond motifs is 3. The Hall–Kier alpha value is -5.36. The highest BCUT2D eigenvalue weighted by Gasteiger charge is 2.48. The van der Waals surface area contributed by atoms with Crippen LogP contribution in [0.3, 0.4) is 0 Å². The molecule has 0 bridgehead atoms. The average Bonchev–Trinajstić information content (AvgIpc) is 3.62. The van der Waals surface area contributed by atoms with Gasteiger partial charge < -0.3 is 19.7 Å². The molecule has 1 aliphatic carbocycles. The van der Waals surface area contributed by atoms with E-state index in [9.17, 15) is 19.7 Å². The third-order valence-electron chi connectivity index (χ3n) is 10.4. The topological polar surface area (TPSA) is 140 Å². The molecule has 52 heavy (non-hydrogen) atoms. The molecule has 1 fully saturated rings. The molecule has 1 spiro atoms. The van der Waals surface area contributed by atoms with Gasteiger partial charge in [-0.3, -0.25) is 15.0 Å². The van der Waals surface area contributed by atoms with E-state index in [0.717, 1.165) is 55.1 Å². The van der Waals surface area contributed by atoms with Crippen molar-refractivity contribution in [3.63, 3.8) is 0 Å². The SMILES string of the molecule is C[C@@H]1C[C@@H](OC(=O)c2ccc([N+](=O)[O-])cc2)c2ncnc(N3CC4(CCN(Cc5ccccc5)CC4)c4c(CNC(=O)OC(C)(C)C)cccc43)c21. The molecule has 3 aliphatic rings. The van der Waals surface area contributed by atoms with Crippen LogP contribution in [-0.4, -0.2) is 57.1 Å². The van der Waals surface area contributed by atoms with Crippen molar-refractivity contribution in [1.82, 2.24) is 20.2 Å². The average molecular weight is 705 g/mol. The Bertz CT molecular complexity index is 1970. The quantitative estimate of drug-likeness (QED) is 0.111. The van der Waals surface area contributed by atoms with E-state index in [1.54, 1.807) is 6.33 Å². The summed E-state index contributed by atoms with van der Waals surface area (Å²) >= 11 is 0. The summed E-state index contributed by atoms with van der Waals surface area (Å²) in [6.45, 7) is 11.5. The first kappa shape index (κ1) is 35.1. The lowest BCUT2D eigenvalue weighted by Gasteiger charge is -2.40.